The topological polar surface area (TPSA) is 85.4 Å². The van der Waals surface area contributed by atoms with Gasteiger partial charge in [-0.3, -0.25) is 4.79 Å². The highest BCUT2D eigenvalue weighted by molar-refractivity contribution is 6.02. The molecule has 0 unspecified atom stereocenters. The molecule has 0 saturated carbocycles. The van der Waals surface area contributed by atoms with Gasteiger partial charge in [-0.15, -0.1) is 10.2 Å². The molecular weight excluding hydrogens is 296 g/mol. The van der Waals surface area contributed by atoms with Gasteiger partial charge in [0, 0.05) is 18.3 Å². The number of rotatable bonds is 6. The molecule has 1 aliphatic heterocycles. The standard InChI is InChI=1S/C16H18N4O3/c1-2-3-8-17-15-7-5-12(19-20-15)16(21)18-11-4-6-13-14(9-11)23-10-22-13/h4-7,9H,2-3,8,10H2,1H3,(H,17,20)(H,18,21). The Labute approximate surface area is 134 Å². The van der Waals surface area contributed by atoms with Crippen molar-refractivity contribution in [2.45, 2.75) is 19.8 Å². The average molecular weight is 314 g/mol. The first kappa shape index (κ1) is 15.1. The zero-order valence-corrected chi connectivity index (χ0v) is 12.8. The molecule has 0 spiro atoms. The van der Waals surface area contributed by atoms with E-state index in [2.05, 4.69) is 27.8 Å². The monoisotopic (exact) mass is 314 g/mol. The van der Waals surface area contributed by atoms with Crippen LogP contribution >= 0.6 is 0 Å². The number of carbonyl (C=O) groups excluding carboxylic acids is 1. The highest BCUT2D eigenvalue weighted by Gasteiger charge is 2.15. The molecule has 0 atom stereocenters. The predicted octanol–water partition coefficient (Wildman–Crippen LogP) is 2.67. The van der Waals surface area contributed by atoms with Crippen molar-refractivity contribution >= 4 is 17.4 Å². The van der Waals surface area contributed by atoms with E-state index in [4.69, 9.17) is 9.47 Å². The minimum absolute atomic E-state index is 0.199. The summed E-state index contributed by atoms with van der Waals surface area (Å²) in [5.74, 6) is 1.63. The molecule has 0 aliphatic carbocycles. The van der Waals surface area contributed by atoms with Gasteiger partial charge in [-0.2, -0.15) is 0 Å². The van der Waals surface area contributed by atoms with Gasteiger partial charge < -0.3 is 20.1 Å². The van der Waals surface area contributed by atoms with Crippen LogP contribution in [-0.2, 0) is 0 Å². The summed E-state index contributed by atoms with van der Waals surface area (Å²) in [6, 6.07) is 8.61. The molecule has 1 aliphatic rings. The second-order valence-corrected chi connectivity index (χ2v) is 5.11. The minimum atomic E-state index is -0.323. The van der Waals surface area contributed by atoms with Crippen molar-refractivity contribution in [1.29, 1.82) is 0 Å². The summed E-state index contributed by atoms with van der Waals surface area (Å²) in [5, 5.41) is 13.9. The summed E-state index contributed by atoms with van der Waals surface area (Å²) in [4.78, 5) is 12.2. The van der Waals surface area contributed by atoms with Crippen LogP contribution in [0.4, 0.5) is 11.5 Å². The Kier molecular flexibility index (Phi) is 4.56. The molecule has 120 valence electrons. The van der Waals surface area contributed by atoms with E-state index >= 15 is 0 Å². The van der Waals surface area contributed by atoms with Crippen molar-refractivity contribution < 1.29 is 14.3 Å². The minimum Gasteiger partial charge on any atom is -0.454 e. The maximum Gasteiger partial charge on any atom is 0.276 e. The van der Waals surface area contributed by atoms with E-state index < -0.39 is 0 Å². The van der Waals surface area contributed by atoms with Gasteiger partial charge in [-0.05, 0) is 30.7 Å². The number of ether oxygens (including phenoxy) is 2. The lowest BCUT2D eigenvalue weighted by Gasteiger charge is -2.06. The Balaban J connectivity index is 1.61. The number of benzene rings is 1. The van der Waals surface area contributed by atoms with Gasteiger partial charge in [-0.1, -0.05) is 13.3 Å². The molecule has 0 fully saturated rings. The van der Waals surface area contributed by atoms with Crippen molar-refractivity contribution in [1.82, 2.24) is 10.2 Å². The lowest BCUT2D eigenvalue weighted by atomic mass is 10.2. The SMILES string of the molecule is CCCCNc1ccc(C(=O)Nc2ccc3c(c2)OCO3)nn1. The lowest BCUT2D eigenvalue weighted by Crippen LogP contribution is -2.15. The highest BCUT2D eigenvalue weighted by Crippen LogP contribution is 2.34. The maximum absolute atomic E-state index is 12.2. The highest BCUT2D eigenvalue weighted by atomic mass is 16.7. The number of hydrogen-bond acceptors (Lipinski definition) is 6. The first-order valence-corrected chi connectivity index (χ1v) is 7.55. The molecule has 1 amide bonds. The fourth-order valence-electron chi connectivity index (χ4n) is 2.11. The van der Waals surface area contributed by atoms with Crippen LogP contribution in [0, 0.1) is 0 Å². The molecule has 3 rings (SSSR count). The van der Waals surface area contributed by atoms with Gasteiger partial charge in [0.25, 0.3) is 5.91 Å². The molecule has 2 heterocycles. The molecule has 23 heavy (non-hydrogen) atoms. The molecule has 0 saturated heterocycles. The van der Waals surface area contributed by atoms with E-state index in [-0.39, 0.29) is 18.4 Å². The number of amides is 1. The van der Waals surface area contributed by atoms with E-state index in [0.717, 1.165) is 19.4 Å². The predicted molar refractivity (Wildman–Crippen MR) is 85.9 cm³/mol. The second kappa shape index (κ2) is 6.95. The van der Waals surface area contributed by atoms with Crippen molar-refractivity contribution in [3.05, 3.63) is 36.0 Å². The van der Waals surface area contributed by atoms with Crippen LogP contribution in [0.3, 0.4) is 0 Å². The zero-order valence-electron chi connectivity index (χ0n) is 12.8. The number of anilines is 2. The Morgan fingerprint density at radius 1 is 1.17 bits per heavy atom. The Bertz CT molecular complexity index is 688. The number of unbranched alkanes of at least 4 members (excludes halogenated alkanes) is 1. The number of aromatic nitrogens is 2. The van der Waals surface area contributed by atoms with E-state index in [9.17, 15) is 4.79 Å². The van der Waals surface area contributed by atoms with Gasteiger partial charge in [-0.25, -0.2) is 0 Å². The summed E-state index contributed by atoms with van der Waals surface area (Å²) in [6.07, 6.45) is 2.17. The lowest BCUT2D eigenvalue weighted by molar-refractivity contribution is 0.102. The molecule has 1 aromatic heterocycles. The van der Waals surface area contributed by atoms with Crippen LogP contribution < -0.4 is 20.1 Å². The Morgan fingerprint density at radius 3 is 2.83 bits per heavy atom. The molecule has 2 N–H and O–H groups in total. The van der Waals surface area contributed by atoms with Crippen LogP contribution in [0.1, 0.15) is 30.3 Å². The summed E-state index contributed by atoms with van der Waals surface area (Å²) >= 11 is 0. The average Bonchev–Trinajstić information content (AvgIpc) is 3.03. The summed E-state index contributed by atoms with van der Waals surface area (Å²) in [5.41, 5.74) is 0.870. The van der Waals surface area contributed by atoms with Crippen LogP contribution in [0.5, 0.6) is 11.5 Å². The number of fused-ring (bicyclic) bond motifs is 1. The first-order chi connectivity index (χ1) is 11.3. The van der Waals surface area contributed by atoms with Gasteiger partial charge in [0.15, 0.2) is 17.2 Å². The van der Waals surface area contributed by atoms with Gasteiger partial charge in [0.2, 0.25) is 6.79 Å². The van der Waals surface area contributed by atoms with E-state index in [1.165, 1.54) is 0 Å². The fourth-order valence-corrected chi connectivity index (χ4v) is 2.11. The van der Waals surface area contributed by atoms with Crippen LogP contribution in [0.25, 0.3) is 0 Å². The zero-order chi connectivity index (χ0) is 16.1. The van der Waals surface area contributed by atoms with E-state index in [1.54, 1.807) is 30.3 Å². The van der Waals surface area contributed by atoms with Crippen molar-refractivity contribution in [3.63, 3.8) is 0 Å². The van der Waals surface area contributed by atoms with Gasteiger partial charge in [0.05, 0.1) is 0 Å². The number of nitrogens with zero attached hydrogens (tertiary/aromatic N) is 2. The maximum atomic E-state index is 12.2. The smallest absolute Gasteiger partial charge is 0.276 e. The molecular formula is C16H18N4O3. The molecule has 0 bridgehead atoms. The Morgan fingerprint density at radius 2 is 2.04 bits per heavy atom. The summed E-state index contributed by atoms with van der Waals surface area (Å²) in [6.45, 7) is 3.16. The van der Waals surface area contributed by atoms with Crippen LogP contribution in [-0.4, -0.2) is 29.4 Å². The number of hydrogen-bond donors (Lipinski definition) is 2. The van der Waals surface area contributed by atoms with Crippen molar-refractivity contribution in [2.24, 2.45) is 0 Å². The number of nitrogens with one attached hydrogen (secondary N) is 2. The normalized spacial score (nSPS) is 12.0. The molecule has 1 aromatic carbocycles. The Hall–Kier alpha value is -2.83. The first-order valence-electron chi connectivity index (χ1n) is 7.55. The molecule has 2 aromatic rings. The third-order valence-electron chi connectivity index (χ3n) is 3.36. The third kappa shape index (κ3) is 3.68. The second-order valence-electron chi connectivity index (χ2n) is 5.11. The number of carbonyl (C=O) groups is 1. The van der Waals surface area contributed by atoms with Gasteiger partial charge >= 0.3 is 0 Å². The summed E-state index contributed by atoms with van der Waals surface area (Å²) < 4.78 is 10.5. The van der Waals surface area contributed by atoms with Crippen molar-refractivity contribution in [3.8, 4) is 11.5 Å². The largest absolute Gasteiger partial charge is 0.454 e. The van der Waals surface area contributed by atoms with Crippen molar-refractivity contribution in [2.75, 3.05) is 24.0 Å². The third-order valence-corrected chi connectivity index (χ3v) is 3.36. The molecule has 7 heteroatoms. The fraction of sp³-hybridized carbons (Fsp3) is 0.312. The van der Waals surface area contributed by atoms with E-state index in [0.29, 0.717) is 23.0 Å². The van der Waals surface area contributed by atoms with Gasteiger partial charge in [0.1, 0.15) is 5.82 Å². The molecule has 0 radical (unpaired) electrons. The molecule has 7 nitrogen and oxygen atoms in total. The summed E-state index contributed by atoms with van der Waals surface area (Å²) in [7, 11) is 0. The quantitative estimate of drug-likeness (QED) is 0.797. The van der Waals surface area contributed by atoms with Crippen LogP contribution in [0.15, 0.2) is 30.3 Å². The van der Waals surface area contributed by atoms with E-state index in [1.807, 2.05) is 0 Å². The van der Waals surface area contributed by atoms with Crippen LogP contribution in [0.2, 0.25) is 0 Å².